The van der Waals surface area contributed by atoms with E-state index in [9.17, 15) is 0 Å². The standard InChI is InChI=1S/C10H18N12/c1-14-8-17-7(13)18-9(21-8)15-3-4-22(2)10-19-5(11)16-6(12)20-10/h3-4H2,1-2H3,(H4,11,12,16,19,20)(H4,13,14,15,17,18,21). The van der Waals surface area contributed by atoms with Crippen molar-refractivity contribution in [2.45, 2.75) is 0 Å². The summed E-state index contributed by atoms with van der Waals surface area (Å²) in [6, 6.07) is 0. The summed E-state index contributed by atoms with van der Waals surface area (Å²) in [6.45, 7) is 1.08. The number of likely N-dealkylation sites (N-methyl/N-ethyl adjacent to an activating group) is 1. The van der Waals surface area contributed by atoms with E-state index in [0.29, 0.717) is 30.9 Å². The smallest absolute Gasteiger partial charge is 0.231 e. The number of nitrogens with zero attached hydrogens (tertiary/aromatic N) is 7. The van der Waals surface area contributed by atoms with Crippen molar-refractivity contribution in [3.05, 3.63) is 0 Å². The zero-order valence-electron chi connectivity index (χ0n) is 12.3. The number of nitrogens with two attached hydrogens (primary N) is 3. The van der Waals surface area contributed by atoms with E-state index in [-0.39, 0.29) is 17.8 Å². The average molecular weight is 306 g/mol. The van der Waals surface area contributed by atoms with Gasteiger partial charge < -0.3 is 32.7 Å². The fourth-order valence-electron chi connectivity index (χ4n) is 1.59. The molecular weight excluding hydrogens is 288 g/mol. The molecule has 0 atom stereocenters. The lowest BCUT2D eigenvalue weighted by Crippen LogP contribution is -2.27. The Labute approximate surface area is 126 Å². The van der Waals surface area contributed by atoms with Crippen molar-refractivity contribution >= 4 is 35.7 Å². The average Bonchev–Trinajstić information content (AvgIpc) is 2.45. The fraction of sp³-hybridized carbons (Fsp3) is 0.400. The van der Waals surface area contributed by atoms with Crippen molar-refractivity contribution in [3.8, 4) is 0 Å². The molecule has 2 rings (SSSR count). The number of hydrogen-bond donors (Lipinski definition) is 5. The number of nitrogens with one attached hydrogen (secondary N) is 2. The maximum atomic E-state index is 5.58. The van der Waals surface area contributed by atoms with Crippen molar-refractivity contribution < 1.29 is 0 Å². The second-order valence-corrected chi connectivity index (χ2v) is 4.29. The highest BCUT2D eigenvalue weighted by atomic mass is 15.3. The highest BCUT2D eigenvalue weighted by Gasteiger charge is 2.08. The fourth-order valence-corrected chi connectivity index (χ4v) is 1.59. The molecule has 2 heterocycles. The molecule has 0 radical (unpaired) electrons. The lowest BCUT2D eigenvalue weighted by Gasteiger charge is -2.17. The molecular formula is C10H18N12. The van der Waals surface area contributed by atoms with Gasteiger partial charge in [0.25, 0.3) is 0 Å². The monoisotopic (exact) mass is 306 g/mol. The minimum atomic E-state index is 0.0752. The molecule has 0 saturated heterocycles. The van der Waals surface area contributed by atoms with Gasteiger partial charge in [-0.1, -0.05) is 0 Å². The number of anilines is 6. The molecule has 0 spiro atoms. The predicted octanol–water partition coefficient (Wildman–Crippen LogP) is -1.61. The van der Waals surface area contributed by atoms with E-state index in [1.165, 1.54) is 0 Å². The van der Waals surface area contributed by atoms with Crippen LogP contribution in [-0.4, -0.2) is 57.1 Å². The van der Waals surface area contributed by atoms with Gasteiger partial charge in [-0.3, -0.25) is 0 Å². The van der Waals surface area contributed by atoms with Gasteiger partial charge in [0.1, 0.15) is 0 Å². The van der Waals surface area contributed by atoms with Gasteiger partial charge in [0.2, 0.25) is 35.7 Å². The van der Waals surface area contributed by atoms with E-state index in [0.717, 1.165) is 0 Å². The topological polar surface area (TPSA) is 183 Å². The minimum Gasteiger partial charge on any atom is -0.368 e. The van der Waals surface area contributed by atoms with Gasteiger partial charge in [-0.05, 0) is 0 Å². The summed E-state index contributed by atoms with van der Waals surface area (Å²) in [5.74, 6) is 1.44. The third-order valence-corrected chi connectivity index (χ3v) is 2.61. The van der Waals surface area contributed by atoms with E-state index < -0.39 is 0 Å². The summed E-state index contributed by atoms with van der Waals surface area (Å²) < 4.78 is 0. The molecule has 0 aliphatic heterocycles. The summed E-state index contributed by atoms with van der Waals surface area (Å²) in [6.07, 6.45) is 0. The molecule has 118 valence electrons. The van der Waals surface area contributed by atoms with E-state index >= 15 is 0 Å². The van der Waals surface area contributed by atoms with Crippen LogP contribution in [0.1, 0.15) is 0 Å². The van der Waals surface area contributed by atoms with Gasteiger partial charge in [-0.2, -0.15) is 29.9 Å². The van der Waals surface area contributed by atoms with Gasteiger partial charge in [0.05, 0.1) is 0 Å². The van der Waals surface area contributed by atoms with Crippen LogP contribution in [-0.2, 0) is 0 Å². The molecule has 0 amide bonds. The van der Waals surface area contributed by atoms with Gasteiger partial charge in [-0.15, -0.1) is 0 Å². The lowest BCUT2D eigenvalue weighted by atomic mass is 10.5. The summed E-state index contributed by atoms with van der Waals surface area (Å²) in [4.78, 5) is 25.5. The van der Waals surface area contributed by atoms with Gasteiger partial charge >= 0.3 is 0 Å². The Morgan fingerprint density at radius 3 is 2.09 bits per heavy atom. The van der Waals surface area contributed by atoms with Crippen molar-refractivity contribution in [1.29, 1.82) is 0 Å². The SMILES string of the molecule is CNc1nc(N)nc(NCCN(C)c2nc(N)nc(N)n2)n1. The first-order valence-corrected chi connectivity index (χ1v) is 6.39. The van der Waals surface area contributed by atoms with Gasteiger partial charge in [0, 0.05) is 27.2 Å². The first-order chi connectivity index (χ1) is 10.5. The molecule has 22 heavy (non-hydrogen) atoms. The lowest BCUT2D eigenvalue weighted by molar-refractivity contribution is 0.853. The quantitative estimate of drug-likeness (QED) is 0.412. The largest absolute Gasteiger partial charge is 0.368 e. The van der Waals surface area contributed by atoms with E-state index in [4.69, 9.17) is 17.2 Å². The highest BCUT2D eigenvalue weighted by molar-refractivity contribution is 5.41. The Bertz CT molecular complexity index is 624. The second-order valence-electron chi connectivity index (χ2n) is 4.29. The van der Waals surface area contributed by atoms with Crippen molar-refractivity contribution in [2.75, 3.05) is 59.9 Å². The Morgan fingerprint density at radius 1 is 0.864 bits per heavy atom. The Morgan fingerprint density at radius 2 is 1.45 bits per heavy atom. The number of hydrogen-bond acceptors (Lipinski definition) is 12. The summed E-state index contributed by atoms with van der Waals surface area (Å²) in [7, 11) is 3.50. The molecule has 0 bridgehead atoms. The highest BCUT2D eigenvalue weighted by Crippen LogP contribution is 2.09. The van der Waals surface area contributed by atoms with Crippen LogP contribution in [0.2, 0.25) is 0 Å². The maximum Gasteiger partial charge on any atom is 0.231 e. The molecule has 2 aromatic heterocycles. The molecule has 0 fully saturated rings. The van der Waals surface area contributed by atoms with Crippen molar-refractivity contribution in [3.63, 3.8) is 0 Å². The number of rotatable bonds is 6. The van der Waals surface area contributed by atoms with Crippen LogP contribution in [0.3, 0.4) is 0 Å². The van der Waals surface area contributed by atoms with Gasteiger partial charge in [-0.25, -0.2) is 0 Å². The van der Waals surface area contributed by atoms with E-state index in [1.54, 1.807) is 19.0 Å². The number of nitrogen functional groups attached to an aromatic ring is 3. The predicted molar refractivity (Wildman–Crippen MR) is 84.2 cm³/mol. The van der Waals surface area contributed by atoms with E-state index in [1.807, 2.05) is 0 Å². The second kappa shape index (κ2) is 6.51. The zero-order chi connectivity index (χ0) is 16.1. The van der Waals surface area contributed by atoms with Crippen molar-refractivity contribution in [2.24, 2.45) is 0 Å². The molecule has 0 aliphatic rings. The molecule has 0 saturated carbocycles. The first-order valence-electron chi connectivity index (χ1n) is 6.39. The van der Waals surface area contributed by atoms with Crippen LogP contribution in [0.5, 0.6) is 0 Å². The van der Waals surface area contributed by atoms with E-state index in [2.05, 4.69) is 40.5 Å². The Hall–Kier alpha value is -3.18. The summed E-state index contributed by atoms with van der Waals surface area (Å²) in [5, 5.41) is 5.83. The van der Waals surface area contributed by atoms with Gasteiger partial charge in [0.15, 0.2) is 0 Å². The Kier molecular flexibility index (Phi) is 4.50. The van der Waals surface area contributed by atoms with Crippen LogP contribution < -0.4 is 32.7 Å². The molecule has 0 aliphatic carbocycles. The molecule has 12 nitrogen and oxygen atoms in total. The molecule has 2 aromatic rings. The Balaban J connectivity index is 1.94. The number of aromatic nitrogens is 6. The third-order valence-electron chi connectivity index (χ3n) is 2.61. The normalized spacial score (nSPS) is 10.3. The van der Waals surface area contributed by atoms with Crippen LogP contribution in [0.25, 0.3) is 0 Å². The molecule has 0 aromatic carbocycles. The summed E-state index contributed by atoms with van der Waals surface area (Å²) in [5.41, 5.74) is 16.7. The van der Waals surface area contributed by atoms with Crippen LogP contribution in [0.15, 0.2) is 0 Å². The summed E-state index contributed by atoms with van der Waals surface area (Å²) >= 11 is 0. The maximum absolute atomic E-state index is 5.58. The van der Waals surface area contributed by atoms with Crippen molar-refractivity contribution in [1.82, 2.24) is 29.9 Å². The molecule has 12 heteroatoms. The van der Waals surface area contributed by atoms with Crippen LogP contribution >= 0.6 is 0 Å². The third kappa shape index (κ3) is 3.91. The molecule has 0 unspecified atom stereocenters. The molecule has 8 N–H and O–H groups in total. The van der Waals surface area contributed by atoms with Crippen LogP contribution in [0.4, 0.5) is 35.7 Å². The first kappa shape index (κ1) is 15.2. The van der Waals surface area contributed by atoms with Crippen LogP contribution in [0, 0.1) is 0 Å². The minimum absolute atomic E-state index is 0.0752. The zero-order valence-corrected chi connectivity index (χ0v) is 12.3.